The van der Waals surface area contributed by atoms with Crippen molar-refractivity contribution in [1.82, 2.24) is 14.8 Å². The van der Waals surface area contributed by atoms with Crippen molar-refractivity contribution in [2.24, 2.45) is 0 Å². The summed E-state index contributed by atoms with van der Waals surface area (Å²) in [5.74, 6) is -0.132. The van der Waals surface area contributed by atoms with Crippen LogP contribution in [0.1, 0.15) is 0 Å². The smallest absolute Gasteiger partial charge is 0.246 e. The van der Waals surface area contributed by atoms with Crippen molar-refractivity contribution >= 4 is 38.3 Å². The van der Waals surface area contributed by atoms with Crippen molar-refractivity contribution in [3.05, 3.63) is 53.5 Å². The predicted molar refractivity (Wildman–Crippen MR) is 80.3 cm³/mol. The molecule has 5 nitrogen and oxygen atoms in total. The molecule has 1 aromatic heterocycles. The molecule has 1 amide bonds. The second-order valence-electron chi connectivity index (χ2n) is 4.35. The van der Waals surface area contributed by atoms with E-state index in [1.807, 2.05) is 36.4 Å². The number of amides is 1. The lowest BCUT2D eigenvalue weighted by molar-refractivity contribution is -0.116. The summed E-state index contributed by atoms with van der Waals surface area (Å²) < 4.78 is 2.51. The number of carbonyl (C=O) groups is 1. The van der Waals surface area contributed by atoms with E-state index in [-0.39, 0.29) is 12.5 Å². The van der Waals surface area contributed by atoms with Gasteiger partial charge in [-0.05, 0) is 35.0 Å². The van der Waals surface area contributed by atoms with E-state index in [1.54, 1.807) is 0 Å². The van der Waals surface area contributed by atoms with Crippen LogP contribution in [0.5, 0.6) is 0 Å². The molecule has 3 rings (SSSR count). The molecule has 6 heteroatoms. The van der Waals surface area contributed by atoms with Crippen LogP contribution in [0, 0.1) is 0 Å². The average molecular weight is 331 g/mol. The summed E-state index contributed by atoms with van der Waals surface area (Å²) in [5.41, 5.74) is 0.768. The zero-order chi connectivity index (χ0) is 13.9. The molecule has 0 radical (unpaired) electrons. The lowest BCUT2D eigenvalue weighted by Gasteiger charge is -2.07. The molecule has 20 heavy (non-hydrogen) atoms. The Morgan fingerprint density at radius 2 is 2.00 bits per heavy atom. The minimum Gasteiger partial charge on any atom is -0.324 e. The van der Waals surface area contributed by atoms with E-state index in [2.05, 4.69) is 31.3 Å². The highest BCUT2D eigenvalue weighted by molar-refractivity contribution is 9.10. The molecule has 0 unspecified atom stereocenters. The summed E-state index contributed by atoms with van der Waals surface area (Å²) in [5, 5.41) is 8.94. The predicted octanol–water partition coefficient (Wildman–Crippen LogP) is 2.83. The quantitative estimate of drug-likeness (QED) is 0.803. The molecule has 0 aliphatic heterocycles. The minimum atomic E-state index is -0.132. The highest BCUT2D eigenvalue weighted by Crippen LogP contribution is 2.22. The first kappa shape index (κ1) is 12.8. The van der Waals surface area contributed by atoms with Gasteiger partial charge in [0.05, 0.1) is 0 Å². The second-order valence-corrected chi connectivity index (χ2v) is 5.26. The van der Waals surface area contributed by atoms with Gasteiger partial charge < -0.3 is 5.32 Å². The summed E-state index contributed by atoms with van der Waals surface area (Å²) >= 11 is 3.44. The molecule has 0 aliphatic carbocycles. The van der Waals surface area contributed by atoms with Crippen molar-refractivity contribution in [2.45, 2.75) is 6.54 Å². The fourth-order valence-corrected chi connectivity index (χ4v) is 2.34. The molecule has 0 atom stereocenters. The summed E-state index contributed by atoms with van der Waals surface area (Å²) in [7, 11) is 0. The van der Waals surface area contributed by atoms with Crippen LogP contribution in [-0.4, -0.2) is 20.7 Å². The van der Waals surface area contributed by atoms with Crippen LogP contribution in [0.2, 0.25) is 0 Å². The third kappa shape index (κ3) is 2.85. The Bertz CT molecular complexity index is 755. The van der Waals surface area contributed by atoms with Gasteiger partial charge in [-0.15, -0.1) is 0 Å². The van der Waals surface area contributed by atoms with E-state index < -0.39 is 0 Å². The molecule has 0 saturated heterocycles. The summed E-state index contributed by atoms with van der Waals surface area (Å²) in [6.45, 7) is 0.151. The number of aromatic nitrogens is 3. The number of fused-ring (bicyclic) bond motifs is 1. The van der Waals surface area contributed by atoms with Gasteiger partial charge in [0.15, 0.2) is 0 Å². The van der Waals surface area contributed by atoms with Gasteiger partial charge in [-0.1, -0.05) is 28.1 Å². The number of carbonyl (C=O) groups excluding carboxylic acids is 1. The Kier molecular flexibility index (Phi) is 3.47. The monoisotopic (exact) mass is 330 g/mol. The number of anilines is 1. The summed E-state index contributed by atoms with van der Waals surface area (Å²) in [6.07, 6.45) is 2.92. The van der Waals surface area contributed by atoms with Crippen molar-refractivity contribution in [1.29, 1.82) is 0 Å². The number of nitrogens with zero attached hydrogens (tertiary/aromatic N) is 3. The highest BCUT2D eigenvalue weighted by Gasteiger charge is 2.04. The molecule has 0 aliphatic rings. The highest BCUT2D eigenvalue weighted by atomic mass is 79.9. The molecule has 3 aromatic rings. The van der Waals surface area contributed by atoms with Gasteiger partial charge in [-0.3, -0.25) is 4.79 Å². The molecule has 1 N–H and O–H groups in total. The first-order chi connectivity index (χ1) is 9.70. The van der Waals surface area contributed by atoms with E-state index in [1.165, 1.54) is 17.3 Å². The van der Waals surface area contributed by atoms with Gasteiger partial charge in [0.25, 0.3) is 0 Å². The van der Waals surface area contributed by atoms with E-state index in [9.17, 15) is 4.79 Å². The second kappa shape index (κ2) is 5.42. The fourth-order valence-electron chi connectivity index (χ4n) is 1.96. The minimum absolute atomic E-state index is 0.132. The molecule has 0 saturated carbocycles. The number of rotatable bonds is 3. The van der Waals surface area contributed by atoms with Crippen LogP contribution in [0.3, 0.4) is 0 Å². The Morgan fingerprint density at radius 3 is 2.80 bits per heavy atom. The van der Waals surface area contributed by atoms with E-state index >= 15 is 0 Å². The maximum atomic E-state index is 11.9. The maximum absolute atomic E-state index is 11.9. The molecule has 0 spiro atoms. The topological polar surface area (TPSA) is 59.8 Å². The van der Waals surface area contributed by atoms with Crippen LogP contribution >= 0.6 is 15.9 Å². The molecular weight excluding hydrogens is 320 g/mol. The van der Waals surface area contributed by atoms with Gasteiger partial charge in [-0.25, -0.2) is 9.67 Å². The van der Waals surface area contributed by atoms with Gasteiger partial charge in [0.1, 0.15) is 19.2 Å². The van der Waals surface area contributed by atoms with Crippen LogP contribution in [0.4, 0.5) is 5.69 Å². The van der Waals surface area contributed by atoms with Crippen molar-refractivity contribution in [3.63, 3.8) is 0 Å². The number of hydrogen-bond donors (Lipinski definition) is 1. The van der Waals surface area contributed by atoms with Crippen LogP contribution in [0.15, 0.2) is 53.5 Å². The summed E-state index contributed by atoms with van der Waals surface area (Å²) in [4.78, 5) is 15.7. The van der Waals surface area contributed by atoms with Crippen LogP contribution in [-0.2, 0) is 11.3 Å². The Hall–Kier alpha value is -2.21. The first-order valence-electron chi connectivity index (χ1n) is 6.02. The standard InChI is InChI=1S/C14H11BrN4O/c15-12-3-1-11-6-13(4-2-10(11)5-12)18-14(20)7-19-9-16-8-17-19/h1-6,8-9H,7H2,(H,18,20). The first-order valence-corrected chi connectivity index (χ1v) is 6.81. The van der Waals surface area contributed by atoms with Gasteiger partial charge >= 0.3 is 0 Å². The molecule has 0 bridgehead atoms. The normalized spacial score (nSPS) is 10.7. The third-order valence-electron chi connectivity index (χ3n) is 2.86. The number of nitrogens with one attached hydrogen (secondary N) is 1. The Labute approximate surface area is 123 Å². The SMILES string of the molecule is O=C(Cn1cncn1)Nc1ccc2cc(Br)ccc2c1. The molecule has 1 heterocycles. The largest absolute Gasteiger partial charge is 0.324 e. The van der Waals surface area contributed by atoms with Crippen LogP contribution < -0.4 is 5.32 Å². The van der Waals surface area contributed by atoms with E-state index in [4.69, 9.17) is 0 Å². The zero-order valence-electron chi connectivity index (χ0n) is 10.5. The average Bonchev–Trinajstić information content (AvgIpc) is 2.91. The molecular formula is C14H11BrN4O. The van der Waals surface area contributed by atoms with Crippen molar-refractivity contribution in [3.8, 4) is 0 Å². The van der Waals surface area contributed by atoms with Gasteiger partial charge in [-0.2, -0.15) is 5.10 Å². The van der Waals surface area contributed by atoms with Crippen LogP contribution in [0.25, 0.3) is 10.8 Å². The fraction of sp³-hybridized carbons (Fsp3) is 0.0714. The van der Waals surface area contributed by atoms with Crippen molar-refractivity contribution in [2.75, 3.05) is 5.32 Å². The number of hydrogen-bond acceptors (Lipinski definition) is 3. The summed E-state index contributed by atoms with van der Waals surface area (Å²) in [6, 6.07) is 11.8. The Balaban J connectivity index is 1.77. The number of benzene rings is 2. The van der Waals surface area contributed by atoms with E-state index in [0.29, 0.717) is 0 Å². The molecule has 0 fully saturated rings. The molecule has 2 aromatic carbocycles. The number of halogens is 1. The third-order valence-corrected chi connectivity index (χ3v) is 3.35. The molecule has 100 valence electrons. The van der Waals surface area contributed by atoms with Gasteiger partial charge in [0.2, 0.25) is 5.91 Å². The lowest BCUT2D eigenvalue weighted by Crippen LogP contribution is -2.18. The van der Waals surface area contributed by atoms with E-state index in [0.717, 1.165) is 20.9 Å². The zero-order valence-corrected chi connectivity index (χ0v) is 12.0. The lowest BCUT2D eigenvalue weighted by atomic mass is 10.1. The van der Waals surface area contributed by atoms with Gasteiger partial charge in [0, 0.05) is 10.2 Å². The maximum Gasteiger partial charge on any atom is 0.246 e. The Morgan fingerprint density at radius 1 is 1.20 bits per heavy atom. The van der Waals surface area contributed by atoms with Crippen molar-refractivity contribution < 1.29 is 4.79 Å².